The summed E-state index contributed by atoms with van der Waals surface area (Å²) in [5.74, 6) is -1.25. The van der Waals surface area contributed by atoms with Crippen LogP contribution in [0, 0.1) is 0 Å². The maximum Gasteiger partial charge on any atom is 0.242 e. The van der Waals surface area contributed by atoms with Gasteiger partial charge >= 0.3 is 0 Å². The first-order valence-corrected chi connectivity index (χ1v) is 7.40. The second-order valence-electron chi connectivity index (χ2n) is 5.74. The lowest BCUT2D eigenvalue weighted by atomic mass is 9.89. The molecule has 9 heteroatoms. The van der Waals surface area contributed by atoms with Crippen molar-refractivity contribution in [1.29, 1.82) is 0 Å². The highest BCUT2D eigenvalue weighted by Crippen LogP contribution is 2.36. The number of rotatable bonds is 4. The van der Waals surface area contributed by atoms with Crippen LogP contribution in [-0.2, 0) is 19.2 Å². The highest BCUT2D eigenvalue weighted by atomic mass is 16.3. The van der Waals surface area contributed by atoms with Crippen LogP contribution in [0.15, 0.2) is 0 Å². The molecular formula is C14H24N4O5. The number of aliphatic hydroxyl groups excluding tert-OH is 1. The van der Waals surface area contributed by atoms with Crippen LogP contribution in [0.25, 0.3) is 0 Å². The molecule has 0 radical (unpaired) electrons. The minimum Gasteiger partial charge on any atom is -0.391 e. The minimum atomic E-state index is -1.12. The first-order chi connectivity index (χ1) is 10.7. The molecule has 4 atom stereocenters. The summed E-state index contributed by atoms with van der Waals surface area (Å²) >= 11 is 0. The molecule has 0 bridgehead atoms. The lowest BCUT2D eigenvalue weighted by molar-refractivity contribution is -0.143. The molecule has 2 rings (SSSR count). The highest BCUT2D eigenvalue weighted by molar-refractivity contribution is 5.95. The number of nitrogens with two attached hydrogens (primary N) is 1. The van der Waals surface area contributed by atoms with Crippen LogP contribution in [0.5, 0.6) is 0 Å². The zero-order valence-corrected chi connectivity index (χ0v) is 13.5. The van der Waals surface area contributed by atoms with Crippen molar-refractivity contribution in [3.8, 4) is 0 Å². The van der Waals surface area contributed by atoms with E-state index in [0.717, 1.165) is 6.29 Å². The summed E-state index contributed by atoms with van der Waals surface area (Å²) < 4.78 is 0. The SMILES string of the molecule is CC(O)C(NC(=O)C1CCC2(CNC2=O)N1C)C(N)=O.CC=O. The van der Waals surface area contributed by atoms with Crippen LogP contribution in [0.4, 0.5) is 0 Å². The van der Waals surface area contributed by atoms with Gasteiger partial charge in [0.25, 0.3) is 0 Å². The number of hydrogen-bond acceptors (Lipinski definition) is 6. The summed E-state index contributed by atoms with van der Waals surface area (Å²) in [6.45, 7) is 3.36. The lowest BCUT2D eigenvalue weighted by Gasteiger charge is -2.44. The first-order valence-electron chi connectivity index (χ1n) is 7.40. The molecule has 0 aromatic carbocycles. The third-order valence-corrected chi connectivity index (χ3v) is 4.33. The second-order valence-corrected chi connectivity index (χ2v) is 5.74. The van der Waals surface area contributed by atoms with Crippen LogP contribution in [0.1, 0.15) is 26.7 Å². The van der Waals surface area contributed by atoms with E-state index in [9.17, 15) is 19.5 Å². The second kappa shape index (κ2) is 7.51. The number of aliphatic hydroxyl groups is 1. The zero-order chi connectivity index (χ0) is 17.8. The molecular weight excluding hydrogens is 304 g/mol. The Kier molecular flexibility index (Phi) is 6.22. The molecule has 0 saturated carbocycles. The van der Waals surface area contributed by atoms with Crippen molar-refractivity contribution < 1.29 is 24.3 Å². The Morgan fingerprint density at radius 3 is 2.43 bits per heavy atom. The fourth-order valence-electron chi connectivity index (χ4n) is 2.88. The van der Waals surface area contributed by atoms with Crippen LogP contribution >= 0.6 is 0 Å². The number of carbonyl (C=O) groups excluding carboxylic acids is 4. The molecule has 4 unspecified atom stereocenters. The number of hydrogen-bond donors (Lipinski definition) is 4. The fraction of sp³-hybridized carbons (Fsp3) is 0.714. The van der Waals surface area contributed by atoms with Gasteiger partial charge in [-0.05, 0) is 33.7 Å². The summed E-state index contributed by atoms with van der Waals surface area (Å²) in [7, 11) is 1.72. The highest BCUT2D eigenvalue weighted by Gasteiger charge is 2.56. The summed E-state index contributed by atoms with van der Waals surface area (Å²) in [6.07, 6.45) is 0.814. The molecule has 5 N–H and O–H groups in total. The monoisotopic (exact) mass is 328 g/mol. The standard InChI is InChI=1S/C12H20N4O4.C2H4O/c1-6(17)8(9(13)18)15-10(19)7-3-4-12(16(7)2)5-14-11(12)20;1-2-3/h6-8,17H,3-5H2,1-2H3,(H2,13,18)(H,14,20)(H,15,19);2H,1H3. The van der Waals surface area contributed by atoms with Crippen molar-refractivity contribution in [2.24, 2.45) is 5.73 Å². The lowest BCUT2D eigenvalue weighted by Crippen LogP contribution is -2.71. The van der Waals surface area contributed by atoms with E-state index in [-0.39, 0.29) is 5.91 Å². The molecule has 2 aliphatic heterocycles. The molecule has 2 fully saturated rings. The number of aldehydes is 1. The average Bonchev–Trinajstić information content (AvgIpc) is 2.82. The van der Waals surface area contributed by atoms with Gasteiger partial charge in [0.2, 0.25) is 17.7 Å². The molecule has 2 heterocycles. The van der Waals surface area contributed by atoms with Crippen LogP contribution in [0.2, 0.25) is 0 Å². The molecule has 2 saturated heterocycles. The Balaban J connectivity index is 0.000000816. The zero-order valence-electron chi connectivity index (χ0n) is 13.5. The third-order valence-electron chi connectivity index (χ3n) is 4.33. The van der Waals surface area contributed by atoms with Gasteiger partial charge in [-0.2, -0.15) is 0 Å². The van der Waals surface area contributed by atoms with Crippen molar-refractivity contribution in [3.05, 3.63) is 0 Å². The molecule has 0 aromatic heterocycles. The van der Waals surface area contributed by atoms with Crippen molar-refractivity contribution >= 4 is 24.0 Å². The number of likely N-dealkylation sites (tertiary alicyclic amines) is 1. The number of primary amides is 1. The number of nitrogens with one attached hydrogen (secondary N) is 2. The molecule has 23 heavy (non-hydrogen) atoms. The number of β-lactam (4-membered cyclic amide) rings is 1. The Labute approximate surface area is 134 Å². The van der Waals surface area contributed by atoms with Gasteiger partial charge in [0, 0.05) is 6.54 Å². The van der Waals surface area contributed by atoms with Gasteiger partial charge in [0.05, 0.1) is 12.1 Å². The van der Waals surface area contributed by atoms with Gasteiger partial charge in [-0.3, -0.25) is 19.3 Å². The van der Waals surface area contributed by atoms with Crippen LogP contribution in [-0.4, -0.2) is 71.3 Å². The normalized spacial score (nSPS) is 28.7. The van der Waals surface area contributed by atoms with E-state index in [4.69, 9.17) is 10.5 Å². The van der Waals surface area contributed by atoms with E-state index < -0.39 is 35.5 Å². The Hall–Kier alpha value is -2.00. The topological polar surface area (TPSA) is 142 Å². The molecule has 1 spiro atoms. The van der Waals surface area contributed by atoms with Crippen LogP contribution < -0.4 is 16.4 Å². The number of nitrogens with zero attached hydrogens (tertiary/aromatic N) is 1. The van der Waals surface area contributed by atoms with Gasteiger partial charge in [-0.25, -0.2) is 0 Å². The van der Waals surface area contributed by atoms with E-state index in [1.165, 1.54) is 13.8 Å². The summed E-state index contributed by atoms with van der Waals surface area (Å²) in [4.78, 5) is 45.6. The maximum absolute atomic E-state index is 12.2. The predicted octanol–water partition coefficient (Wildman–Crippen LogP) is -2.49. The number of likely N-dealkylation sites (N-methyl/N-ethyl adjacent to an activating group) is 1. The average molecular weight is 328 g/mol. The number of amides is 3. The Bertz CT molecular complexity index is 496. The first kappa shape index (κ1) is 19.0. The Morgan fingerprint density at radius 1 is 1.57 bits per heavy atom. The number of carbonyl (C=O) groups is 4. The Morgan fingerprint density at radius 2 is 2.13 bits per heavy atom. The minimum absolute atomic E-state index is 0.0720. The molecule has 0 aromatic rings. The van der Waals surface area contributed by atoms with E-state index in [0.29, 0.717) is 19.4 Å². The van der Waals surface area contributed by atoms with E-state index >= 15 is 0 Å². The van der Waals surface area contributed by atoms with Crippen molar-refractivity contribution in [1.82, 2.24) is 15.5 Å². The van der Waals surface area contributed by atoms with Gasteiger partial charge in [-0.1, -0.05) is 0 Å². The fourth-order valence-corrected chi connectivity index (χ4v) is 2.88. The summed E-state index contributed by atoms with van der Waals surface area (Å²) in [6, 6.07) is -1.62. The summed E-state index contributed by atoms with van der Waals surface area (Å²) in [5.41, 5.74) is 4.54. The summed E-state index contributed by atoms with van der Waals surface area (Å²) in [5, 5.41) is 14.6. The van der Waals surface area contributed by atoms with Crippen molar-refractivity contribution in [3.63, 3.8) is 0 Å². The van der Waals surface area contributed by atoms with Gasteiger partial charge in [0.15, 0.2) is 0 Å². The van der Waals surface area contributed by atoms with Crippen molar-refractivity contribution in [2.45, 2.75) is 50.4 Å². The van der Waals surface area contributed by atoms with Crippen LogP contribution in [0.3, 0.4) is 0 Å². The molecule has 3 amide bonds. The van der Waals surface area contributed by atoms with Gasteiger partial charge in [-0.15, -0.1) is 0 Å². The molecule has 2 aliphatic rings. The molecule has 9 nitrogen and oxygen atoms in total. The smallest absolute Gasteiger partial charge is 0.242 e. The largest absolute Gasteiger partial charge is 0.391 e. The molecule has 130 valence electrons. The predicted molar refractivity (Wildman–Crippen MR) is 81.1 cm³/mol. The quantitative estimate of drug-likeness (QED) is 0.332. The van der Waals surface area contributed by atoms with Gasteiger partial charge in [0.1, 0.15) is 17.9 Å². The van der Waals surface area contributed by atoms with E-state index in [1.807, 2.05) is 0 Å². The van der Waals surface area contributed by atoms with E-state index in [2.05, 4.69) is 10.6 Å². The molecule has 0 aliphatic carbocycles. The van der Waals surface area contributed by atoms with Crippen molar-refractivity contribution in [2.75, 3.05) is 13.6 Å². The third kappa shape index (κ3) is 3.67. The van der Waals surface area contributed by atoms with E-state index in [1.54, 1.807) is 11.9 Å². The van der Waals surface area contributed by atoms with Gasteiger partial charge < -0.3 is 26.3 Å². The maximum atomic E-state index is 12.2.